The van der Waals surface area contributed by atoms with E-state index in [2.05, 4.69) is 32.9 Å². The van der Waals surface area contributed by atoms with Crippen LogP contribution >= 0.6 is 0 Å². The minimum absolute atomic E-state index is 0.0459. The van der Waals surface area contributed by atoms with Crippen molar-refractivity contribution in [3.05, 3.63) is 83.4 Å². The molecule has 0 saturated heterocycles. The molecule has 0 bridgehead atoms. The zero-order valence-corrected chi connectivity index (χ0v) is 16.1. The molecule has 0 amide bonds. The molecular formula is C24H20N2O2. The molecule has 0 saturated carbocycles. The van der Waals surface area contributed by atoms with Gasteiger partial charge in [-0.25, -0.2) is 0 Å². The van der Waals surface area contributed by atoms with E-state index in [1.165, 1.54) is 0 Å². The lowest BCUT2D eigenvalue weighted by atomic mass is 9.87. The molecule has 0 aliphatic rings. The second-order valence-corrected chi connectivity index (χ2v) is 7.39. The maximum atomic E-state index is 8.96. The average Bonchev–Trinajstić information content (AvgIpc) is 2.69. The predicted molar refractivity (Wildman–Crippen MR) is 108 cm³/mol. The number of rotatable bonds is 4. The van der Waals surface area contributed by atoms with Crippen molar-refractivity contribution >= 4 is 0 Å². The predicted octanol–water partition coefficient (Wildman–Crippen LogP) is 6.31. The van der Waals surface area contributed by atoms with Crippen LogP contribution in [0.25, 0.3) is 0 Å². The van der Waals surface area contributed by atoms with Gasteiger partial charge in [-0.15, -0.1) is 0 Å². The Morgan fingerprint density at radius 3 is 1.54 bits per heavy atom. The summed E-state index contributed by atoms with van der Waals surface area (Å²) in [4.78, 5) is 0. The average molecular weight is 368 g/mol. The SMILES string of the molecule is CC(C)(C)c1ccc(Oc2ccc(C#N)cc2)c(Oc2ccc(C#N)cc2)c1. The first-order valence-electron chi connectivity index (χ1n) is 8.89. The molecule has 3 aromatic carbocycles. The quantitative estimate of drug-likeness (QED) is 0.541. The highest BCUT2D eigenvalue weighted by Crippen LogP contribution is 2.38. The molecule has 0 atom stereocenters. The fourth-order valence-corrected chi connectivity index (χ4v) is 2.59. The Balaban J connectivity index is 1.95. The van der Waals surface area contributed by atoms with Crippen molar-refractivity contribution < 1.29 is 9.47 Å². The van der Waals surface area contributed by atoms with Crippen LogP contribution in [0.2, 0.25) is 0 Å². The summed E-state index contributed by atoms with van der Waals surface area (Å²) in [5.74, 6) is 2.39. The minimum atomic E-state index is -0.0459. The number of nitriles is 2. The number of benzene rings is 3. The van der Waals surface area contributed by atoms with E-state index >= 15 is 0 Å². The van der Waals surface area contributed by atoms with Crippen molar-refractivity contribution in [3.63, 3.8) is 0 Å². The first-order chi connectivity index (χ1) is 13.4. The first kappa shape index (κ1) is 19.0. The van der Waals surface area contributed by atoms with Crippen LogP contribution in [-0.2, 0) is 5.41 Å². The molecule has 28 heavy (non-hydrogen) atoms. The zero-order valence-electron chi connectivity index (χ0n) is 16.1. The third-order valence-electron chi connectivity index (χ3n) is 4.23. The van der Waals surface area contributed by atoms with Crippen LogP contribution < -0.4 is 9.47 Å². The number of ether oxygens (including phenoxy) is 2. The van der Waals surface area contributed by atoms with Crippen molar-refractivity contribution in [1.82, 2.24) is 0 Å². The standard InChI is InChI=1S/C24H20N2O2/c1-24(2,3)19-8-13-22(27-20-9-4-17(15-25)5-10-20)23(14-19)28-21-11-6-18(16-26)7-12-21/h4-14H,1-3H3. The van der Waals surface area contributed by atoms with Crippen molar-refractivity contribution in [2.24, 2.45) is 0 Å². The third-order valence-corrected chi connectivity index (χ3v) is 4.23. The van der Waals surface area contributed by atoms with Gasteiger partial charge in [0.05, 0.1) is 23.3 Å². The van der Waals surface area contributed by atoms with Crippen molar-refractivity contribution in [2.75, 3.05) is 0 Å². The van der Waals surface area contributed by atoms with E-state index in [4.69, 9.17) is 20.0 Å². The summed E-state index contributed by atoms with van der Waals surface area (Å²) in [5.41, 5.74) is 2.22. The second-order valence-electron chi connectivity index (χ2n) is 7.39. The van der Waals surface area contributed by atoms with E-state index in [9.17, 15) is 0 Å². The fourth-order valence-electron chi connectivity index (χ4n) is 2.59. The topological polar surface area (TPSA) is 66.0 Å². The second kappa shape index (κ2) is 7.86. The molecule has 0 aliphatic heterocycles. The summed E-state index contributed by atoms with van der Waals surface area (Å²) < 4.78 is 12.1. The number of hydrogen-bond acceptors (Lipinski definition) is 4. The zero-order chi connectivity index (χ0) is 20.1. The molecule has 3 aromatic rings. The molecule has 0 N–H and O–H groups in total. The van der Waals surface area contributed by atoms with Gasteiger partial charge in [-0.2, -0.15) is 10.5 Å². The Morgan fingerprint density at radius 1 is 0.643 bits per heavy atom. The van der Waals surface area contributed by atoms with E-state index in [-0.39, 0.29) is 5.41 Å². The minimum Gasteiger partial charge on any atom is -0.453 e. The van der Waals surface area contributed by atoms with Crippen LogP contribution in [0.3, 0.4) is 0 Å². The van der Waals surface area contributed by atoms with Crippen LogP contribution in [-0.4, -0.2) is 0 Å². The Morgan fingerprint density at radius 2 is 1.11 bits per heavy atom. The summed E-state index contributed by atoms with van der Waals surface area (Å²) in [5, 5.41) is 17.9. The summed E-state index contributed by atoms with van der Waals surface area (Å²) in [6.07, 6.45) is 0. The molecule has 138 valence electrons. The summed E-state index contributed by atoms with van der Waals surface area (Å²) in [7, 11) is 0. The van der Waals surface area contributed by atoms with Crippen LogP contribution in [0.4, 0.5) is 0 Å². The van der Waals surface area contributed by atoms with E-state index in [0.717, 1.165) is 5.56 Å². The normalized spacial score (nSPS) is 10.6. The Labute approximate surface area is 165 Å². The molecule has 0 spiro atoms. The Bertz CT molecular complexity index is 1050. The van der Waals surface area contributed by atoms with Gasteiger partial charge in [0, 0.05) is 0 Å². The van der Waals surface area contributed by atoms with Gasteiger partial charge in [0.1, 0.15) is 11.5 Å². The van der Waals surface area contributed by atoms with Gasteiger partial charge in [0.25, 0.3) is 0 Å². The molecule has 0 unspecified atom stereocenters. The van der Waals surface area contributed by atoms with Gasteiger partial charge in [0.15, 0.2) is 11.5 Å². The van der Waals surface area contributed by atoms with E-state index in [0.29, 0.717) is 34.1 Å². The molecule has 0 aliphatic carbocycles. The number of nitrogens with zero attached hydrogens (tertiary/aromatic N) is 2. The summed E-state index contributed by atoms with van der Waals surface area (Å²) in [6, 6.07) is 23.9. The molecule has 0 aromatic heterocycles. The fraction of sp³-hybridized carbons (Fsp3) is 0.167. The van der Waals surface area contributed by atoms with Gasteiger partial charge >= 0.3 is 0 Å². The van der Waals surface area contributed by atoms with Gasteiger partial charge in [-0.05, 0) is 71.6 Å². The summed E-state index contributed by atoms with van der Waals surface area (Å²) in [6.45, 7) is 6.40. The highest BCUT2D eigenvalue weighted by Gasteiger charge is 2.18. The summed E-state index contributed by atoms with van der Waals surface area (Å²) >= 11 is 0. The van der Waals surface area contributed by atoms with Crippen molar-refractivity contribution in [3.8, 4) is 35.1 Å². The maximum Gasteiger partial charge on any atom is 0.170 e. The van der Waals surface area contributed by atoms with Crippen molar-refractivity contribution in [1.29, 1.82) is 10.5 Å². The molecule has 4 nitrogen and oxygen atoms in total. The molecular weight excluding hydrogens is 348 g/mol. The van der Waals surface area contributed by atoms with Crippen LogP contribution in [0.15, 0.2) is 66.7 Å². The first-order valence-corrected chi connectivity index (χ1v) is 8.89. The maximum absolute atomic E-state index is 8.96. The third kappa shape index (κ3) is 4.50. The molecule has 4 heteroatoms. The molecule has 0 heterocycles. The molecule has 3 rings (SSSR count). The van der Waals surface area contributed by atoms with Gasteiger partial charge < -0.3 is 9.47 Å². The van der Waals surface area contributed by atoms with Gasteiger partial charge in [-0.1, -0.05) is 26.8 Å². The lowest BCUT2D eigenvalue weighted by Gasteiger charge is -2.21. The van der Waals surface area contributed by atoms with Crippen LogP contribution in [0, 0.1) is 22.7 Å². The highest BCUT2D eigenvalue weighted by atomic mass is 16.5. The van der Waals surface area contributed by atoms with E-state index in [1.807, 2.05) is 18.2 Å². The lowest BCUT2D eigenvalue weighted by molar-refractivity contribution is 0.416. The van der Waals surface area contributed by atoms with Crippen LogP contribution in [0.5, 0.6) is 23.0 Å². The Kier molecular flexibility index (Phi) is 5.34. The van der Waals surface area contributed by atoms with E-state index in [1.54, 1.807) is 48.5 Å². The lowest BCUT2D eigenvalue weighted by Crippen LogP contribution is -2.11. The van der Waals surface area contributed by atoms with Gasteiger partial charge in [-0.3, -0.25) is 0 Å². The highest BCUT2D eigenvalue weighted by molar-refractivity contribution is 5.49. The van der Waals surface area contributed by atoms with E-state index < -0.39 is 0 Å². The monoisotopic (exact) mass is 368 g/mol. The molecule has 0 radical (unpaired) electrons. The smallest absolute Gasteiger partial charge is 0.170 e. The largest absolute Gasteiger partial charge is 0.453 e. The van der Waals surface area contributed by atoms with Crippen LogP contribution in [0.1, 0.15) is 37.5 Å². The molecule has 0 fully saturated rings. The number of hydrogen-bond donors (Lipinski definition) is 0. The van der Waals surface area contributed by atoms with Gasteiger partial charge in [0.2, 0.25) is 0 Å². The Hall–Kier alpha value is -3.76. The van der Waals surface area contributed by atoms with Crippen molar-refractivity contribution in [2.45, 2.75) is 26.2 Å².